The van der Waals surface area contributed by atoms with Crippen molar-refractivity contribution in [1.29, 1.82) is 5.26 Å². The van der Waals surface area contributed by atoms with Crippen LogP contribution in [0.15, 0.2) is 24.3 Å². The molecule has 0 aliphatic carbocycles. The van der Waals surface area contributed by atoms with Gasteiger partial charge in [-0.1, -0.05) is 18.2 Å². The summed E-state index contributed by atoms with van der Waals surface area (Å²) >= 11 is 0. The highest BCUT2D eigenvalue weighted by Crippen LogP contribution is 2.26. The van der Waals surface area contributed by atoms with Gasteiger partial charge in [-0.05, 0) is 31.9 Å². The molecule has 1 aliphatic rings. The minimum atomic E-state index is -0.408. The minimum Gasteiger partial charge on any atom is -0.311 e. The highest BCUT2D eigenvalue weighted by molar-refractivity contribution is 5.96. The minimum absolute atomic E-state index is 0.0682. The molecule has 0 radical (unpaired) electrons. The van der Waals surface area contributed by atoms with Gasteiger partial charge in [0.15, 0.2) is 0 Å². The molecule has 0 aromatic heterocycles. The summed E-state index contributed by atoms with van der Waals surface area (Å²) in [6.45, 7) is 5.44. The summed E-state index contributed by atoms with van der Waals surface area (Å²) in [7, 11) is 0. The molecule has 0 atom stereocenters. The zero-order chi connectivity index (χ0) is 13.9. The van der Waals surface area contributed by atoms with Crippen molar-refractivity contribution in [3.8, 4) is 6.07 Å². The maximum absolute atomic E-state index is 12.2. The number of carbonyl (C=O) groups is 1. The molecule has 2 rings (SSSR count). The molecule has 19 heavy (non-hydrogen) atoms. The first-order valence-corrected chi connectivity index (χ1v) is 6.54. The Morgan fingerprint density at radius 2 is 2.11 bits per heavy atom. The van der Waals surface area contributed by atoms with Crippen molar-refractivity contribution >= 4 is 11.6 Å². The maximum Gasteiger partial charge on any atom is 0.240 e. The van der Waals surface area contributed by atoms with Crippen molar-refractivity contribution in [2.24, 2.45) is 5.41 Å². The fraction of sp³-hybridized carbons (Fsp3) is 0.467. The number of nitrogens with one attached hydrogen (secondary N) is 1. The number of nitrogens with zero attached hydrogens (tertiary/aromatic N) is 2. The zero-order valence-corrected chi connectivity index (χ0v) is 11.4. The molecule has 0 saturated carbocycles. The quantitative estimate of drug-likeness (QED) is 0.901. The highest BCUT2D eigenvalue weighted by Gasteiger charge is 2.24. The third kappa shape index (κ3) is 3.12. The van der Waals surface area contributed by atoms with Crippen LogP contribution in [0.25, 0.3) is 0 Å². The van der Waals surface area contributed by atoms with Crippen LogP contribution in [0.4, 0.5) is 5.69 Å². The van der Waals surface area contributed by atoms with Gasteiger partial charge < -0.3 is 10.2 Å². The van der Waals surface area contributed by atoms with E-state index >= 15 is 0 Å². The Kier molecular flexibility index (Phi) is 3.87. The van der Waals surface area contributed by atoms with E-state index in [-0.39, 0.29) is 5.91 Å². The van der Waals surface area contributed by atoms with Gasteiger partial charge in [0.05, 0.1) is 18.0 Å². The largest absolute Gasteiger partial charge is 0.311 e. The number of carbonyl (C=O) groups excluding carboxylic acids is 1. The lowest BCUT2D eigenvalue weighted by Gasteiger charge is -2.25. The molecule has 1 amide bonds. The van der Waals surface area contributed by atoms with Crippen LogP contribution in [0.5, 0.6) is 0 Å². The highest BCUT2D eigenvalue weighted by atomic mass is 16.2. The summed E-state index contributed by atoms with van der Waals surface area (Å²) in [4.78, 5) is 14.0. The summed E-state index contributed by atoms with van der Waals surface area (Å²) in [5.41, 5.74) is 1.68. The van der Waals surface area contributed by atoms with Gasteiger partial charge in [0.2, 0.25) is 5.91 Å². The maximum atomic E-state index is 12.2. The van der Waals surface area contributed by atoms with Gasteiger partial charge in [0, 0.05) is 18.8 Å². The number of para-hydroxylation sites is 1. The van der Waals surface area contributed by atoms with E-state index in [9.17, 15) is 4.79 Å². The molecule has 1 heterocycles. The van der Waals surface area contributed by atoms with Crippen molar-refractivity contribution in [3.05, 3.63) is 29.8 Å². The molecule has 4 nitrogen and oxygen atoms in total. The molecule has 1 aromatic rings. The van der Waals surface area contributed by atoms with E-state index in [4.69, 9.17) is 5.26 Å². The van der Waals surface area contributed by atoms with E-state index in [0.717, 1.165) is 11.3 Å². The van der Waals surface area contributed by atoms with Crippen LogP contribution in [-0.4, -0.2) is 19.0 Å². The molecule has 0 bridgehead atoms. The van der Waals surface area contributed by atoms with E-state index in [1.54, 1.807) is 4.90 Å². The van der Waals surface area contributed by atoms with Crippen LogP contribution in [0.3, 0.4) is 0 Å². The van der Waals surface area contributed by atoms with Crippen LogP contribution >= 0.6 is 0 Å². The van der Waals surface area contributed by atoms with E-state index in [1.807, 2.05) is 38.1 Å². The molecule has 0 saturated heterocycles. The fourth-order valence-electron chi connectivity index (χ4n) is 2.15. The van der Waals surface area contributed by atoms with Gasteiger partial charge in [-0.3, -0.25) is 4.79 Å². The Hall–Kier alpha value is -1.86. The molecule has 0 unspecified atom stereocenters. The number of rotatable bonds is 3. The molecule has 4 heteroatoms. The van der Waals surface area contributed by atoms with Gasteiger partial charge in [0.1, 0.15) is 0 Å². The van der Waals surface area contributed by atoms with Crippen molar-refractivity contribution in [3.63, 3.8) is 0 Å². The number of hydrogen-bond donors (Lipinski definition) is 1. The van der Waals surface area contributed by atoms with Crippen molar-refractivity contribution < 1.29 is 4.79 Å². The van der Waals surface area contributed by atoms with Crippen LogP contribution < -0.4 is 10.2 Å². The lowest BCUT2D eigenvalue weighted by molar-refractivity contribution is -0.117. The van der Waals surface area contributed by atoms with Crippen molar-refractivity contribution in [2.45, 2.75) is 26.8 Å². The second kappa shape index (κ2) is 5.41. The third-order valence-corrected chi connectivity index (χ3v) is 3.44. The van der Waals surface area contributed by atoms with Crippen molar-refractivity contribution in [2.75, 3.05) is 18.0 Å². The number of fused-ring (bicyclic) bond motifs is 1. The molecule has 0 fully saturated rings. The number of anilines is 1. The fourth-order valence-corrected chi connectivity index (χ4v) is 2.15. The van der Waals surface area contributed by atoms with Crippen LogP contribution in [0.2, 0.25) is 0 Å². The first-order valence-electron chi connectivity index (χ1n) is 6.54. The Bertz CT molecular complexity index is 516. The Balaban J connectivity index is 2.22. The van der Waals surface area contributed by atoms with E-state index in [0.29, 0.717) is 26.1 Å². The first kappa shape index (κ1) is 13.6. The van der Waals surface area contributed by atoms with E-state index in [2.05, 4.69) is 11.4 Å². The molecule has 100 valence electrons. The Morgan fingerprint density at radius 3 is 2.84 bits per heavy atom. The number of benzene rings is 1. The van der Waals surface area contributed by atoms with Gasteiger partial charge in [-0.15, -0.1) is 0 Å². The van der Waals surface area contributed by atoms with Crippen LogP contribution in [-0.2, 0) is 11.3 Å². The smallest absolute Gasteiger partial charge is 0.240 e. The average molecular weight is 257 g/mol. The van der Waals surface area contributed by atoms with Gasteiger partial charge in [-0.25, -0.2) is 0 Å². The van der Waals surface area contributed by atoms with Gasteiger partial charge in [-0.2, -0.15) is 5.26 Å². The number of amides is 1. The third-order valence-electron chi connectivity index (χ3n) is 3.44. The van der Waals surface area contributed by atoms with Crippen LogP contribution in [0.1, 0.15) is 25.8 Å². The summed E-state index contributed by atoms with van der Waals surface area (Å²) in [5.74, 6) is 0.0682. The normalized spacial score (nSPS) is 15.6. The summed E-state index contributed by atoms with van der Waals surface area (Å²) in [6.07, 6.45) is 0.670. The molecular weight excluding hydrogens is 238 g/mol. The number of hydrogen-bond acceptors (Lipinski definition) is 3. The summed E-state index contributed by atoms with van der Waals surface area (Å²) in [5, 5.41) is 12.2. The summed E-state index contributed by atoms with van der Waals surface area (Å²) in [6, 6.07) is 10.2. The molecular formula is C15H19N3O. The SMILES string of the molecule is CC(C)(C#N)CCN1C(=O)CNCc2ccccc21. The predicted molar refractivity (Wildman–Crippen MR) is 74.5 cm³/mol. The lowest BCUT2D eigenvalue weighted by Crippen LogP contribution is -2.37. The molecule has 1 N–H and O–H groups in total. The van der Waals surface area contributed by atoms with Gasteiger partial charge >= 0.3 is 0 Å². The van der Waals surface area contributed by atoms with Crippen LogP contribution in [0, 0.1) is 16.7 Å². The lowest BCUT2D eigenvalue weighted by atomic mass is 9.91. The number of nitriles is 1. The topological polar surface area (TPSA) is 56.1 Å². The molecule has 1 aromatic carbocycles. The average Bonchev–Trinajstić information content (AvgIpc) is 2.55. The molecule has 1 aliphatic heterocycles. The van der Waals surface area contributed by atoms with E-state index in [1.165, 1.54) is 0 Å². The van der Waals surface area contributed by atoms with E-state index < -0.39 is 5.41 Å². The van der Waals surface area contributed by atoms with Gasteiger partial charge in [0.25, 0.3) is 0 Å². The summed E-state index contributed by atoms with van der Waals surface area (Å²) < 4.78 is 0. The zero-order valence-electron chi connectivity index (χ0n) is 11.4. The second-order valence-electron chi connectivity index (χ2n) is 5.52. The van der Waals surface area contributed by atoms with Crippen molar-refractivity contribution in [1.82, 2.24) is 5.32 Å². The predicted octanol–water partition coefficient (Wildman–Crippen LogP) is 2.06. The Morgan fingerprint density at radius 1 is 1.37 bits per heavy atom. The Labute approximate surface area is 114 Å². The second-order valence-corrected chi connectivity index (χ2v) is 5.52. The monoisotopic (exact) mass is 257 g/mol. The first-order chi connectivity index (χ1) is 9.03. The standard InChI is InChI=1S/C15H19N3O/c1-15(2,11-16)7-8-18-13-6-4-3-5-12(13)9-17-10-14(18)19/h3-6,17H,7-10H2,1-2H3. The molecule has 0 spiro atoms.